The Labute approximate surface area is 110 Å². The van der Waals surface area contributed by atoms with Crippen LogP contribution in [0.3, 0.4) is 0 Å². The lowest BCUT2D eigenvalue weighted by Gasteiger charge is -2.05. The molecule has 0 aliphatic carbocycles. The van der Waals surface area contributed by atoms with Crippen molar-refractivity contribution < 1.29 is 21.8 Å². The molecule has 1 N–H and O–H groups in total. The van der Waals surface area contributed by atoms with Gasteiger partial charge in [-0.3, -0.25) is 10.1 Å². The smallest absolute Gasteiger partial charge is 0.258 e. The molecule has 0 atom stereocenters. The van der Waals surface area contributed by atoms with E-state index in [0.717, 1.165) is 18.4 Å². The Balaban J connectivity index is 2.89. The second kappa shape index (κ2) is 5.63. The number of sulfonamides is 1. The molecule has 0 fully saturated rings. The lowest BCUT2D eigenvalue weighted by molar-refractivity contribution is -0.385. The molecule has 0 spiro atoms. The number of nitro benzene ring substituents is 1. The van der Waals surface area contributed by atoms with Gasteiger partial charge < -0.3 is 0 Å². The van der Waals surface area contributed by atoms with Crippen LogP contribution in [0.5, 0.6) is 0 Å². The first kappa shape index (κ1) is 15.5. The van der Waals surface area contributed by atoms with Gasteiger partial charge in [0.25, 0.3) is 5.69 Å². The first-order valence-corrected chi connectivity index (χ1v) is 8.58. The van der Waals surface area contributed by atoms with Crippen molar-refractivity contribution in [1.82, 2.24) is 4.72 Å². The van der Waals surface area contributed by atoms with Gasteiger partial charge in [0, 0.05) is 24.9 Å². The molecular formula is C9H12N2O6S2. The van der Waals surface area contributed by atoms with Crippen molar-refractivity contribution in [2.75, 3.05) is 18.6 Å². The summed E-state index contributed by atoms with van der Waals surface area (Å²) in [5.41, 5.74) is -0.356. The molecule has 0 bridgehead atoms. The van der Waals surface area contributed by atoms with E-state index < -0.39 is 24.8 Å². The molecule has 0 saturated heterocycles. The van der Waals surface area contributed by atoms with E-state index in [0.29, 0.717) is 0 Å². The quantitative estimate of drug-likeness (QED) is 0.579. The Hall–Kier alpha value is -1.52. The highest BCUT2D eigenvalue weighted by molar-refractivity contribution is 7.91. The Morgan fingerprint density at radius 2 is 1.89 bits per heavy atom. The molecule has 8 nitrogen and oxygen atoms in total. The van der Waals surface area contributed by atoms with Crippen LogP contribution in [0.4, 0.5) is 5.69 Å². The molecule has 0 aliphatic rings. The van der Waals surface area contributed by atoms with Crippen molar-refractivity contribution in [3.8, 4) is 0 Å². The zero-order valence-corrected chi connectivity index (χ0v) is 11.6. The first-order chi connectivity index (χ1) is 8.62. The number of hydrogen-bond acceptors (Lipinski definition) is 6. The summed E-state index contributed by atoms with van der Waals surface area (Å²) in [4.78, 5) is 9.54. The van der Waals surface area contributed by atoms with Crippen molar-refractivity contribution >= 4 is 25.5 Å². The molecule has 0 amide bonds. The van der Waals surface area contributed by atoms with Crippen molar-refractivity contribution in [3.63, 3.8) is 0 Å². The summed E-state index contributed by atoms with van der Waals surface area (Å²) in [6, 6.07) is 4.50. The third kappa shape index (κ3) is 4.93. The van der Waals surface area contributed by atoms with Crippen LogP contribution in [-0.4, -0.2) is 40.3 Å². The predicted octanol–water partition coefficient (Wildman–Crippen LogP) is -0.0823. The van der Waals surface area contributed by atoms with Gasteiger partial charge in [-0.15, -0.1) is 0 Å². The predicted molar refractivity (Wildman–Crippen MR) is 68.0 cm³/mol. The molecule has 19 heavy (non-hydrogen) atoms. The fourth-order valence-electron chi connectivity index (χ4n) is 1.21. The summed E-state index contributed by atoms with van der Waals surface area (Å²) in [5.74, 6) is -0.346. The molecule has 0 heterocycles. The molecule has 0 unspecified atom stereocenters. The van der Waals surface area contributed by atoms with Crippen LogP contribution in [-0.2, 0) is 19.9 Å². The van der Waals surface area contributed by atoms with Gasteiger partial charge in [-0.25, -0.2) is 21.6 Å². The standard InChI is InChI=1S/C9H12N2O6S2/c1-18(14,15)6-5-10-19(16,17)9-4-2-3-8(7-9)11(12)13/h2-4,7,10H,5-6H2,1H3. The highest BCUT2D eigenvalue weighted by atomic mass is 32.2. The normalized spacial score (nSPS) is 12.3. The summed E-state index contributed by atoms with van der Waals surface area (Å²) in [7, 11) is -7.24. The molecule has 1 aromatic carbocycles. The number of nitro groups is 1. The highest BCUT2D eigenvalue weighted by Crippen LogP contribution is 2.16. The molecule has 0 aromatic heterocycles. The van der Waals surface area contributed by atoms with Crippen molar-refractivity contribution in [3.05, 3.63) is 34.4 Å². The number of rotatable bonds is 6. The van der Waals surface area contributed by atoms with E-state index in [-0.39, 0.29) is 22.9 Å². The van der Waals surface area contributed by atoms with E-state index in [4.69, 9.17) is 0 Å². The summed E-state index contributed by atoms with van der Waals surface area (Å²) < 4.78 is 47.3. The summed E-state index contributed by atoms with van der Waals surface area (Å²) >= 11 is 0. The lowest BCUT2D eigenvalue weighted by atomic mass is 10.3. The minimum absolute atomic E-state index is 0.282. The first-order valence-electron chi connectivity index (χ1n) is 5.04. The summed E-state index contributed by atoms with van der Waals surface area (Å²) in [5, 5.41) is 10.5. The number of non-ortho nitro benzene ring substituents is 1. The van der Waals surface area contributed by atoms with E-state index in [9.17, 15) is 26.9 Å². The van der Waals surface area contributed by atoms with Crippen LogP contribution in [0, 0.1) is 10.1 Å². The number of benzene rings is 1. The van der Waals surface area contributed by atoms with E-state index in [1.807, 2.05) is 0 Å². The van der Waals surface area contributed by atoms with Crippen molar-refractivity contribution in [2.45, 2.75) is 4.90 Å². The fourth-order valence-corrected chi connectivity index (χ4v) is 2.88. The number of nitrogens with zero attached hydrogens (tertiary/aromatic N) is 1. The van der Waals surface area contributed by atoms with Crippen LogP contribution < -0.4 is 4.72 Å². The SMILES string of the molecule is CS(=O)(=O)CCNS(=O)(=O)c1cccc([N+](=O)[O-])c1. The minimum atomic E-state index is -3.96. The highest BCUT2D eigenvalue weighted by Gasteiger charge is 2.17. The minimum Gasteiger partial charge on any atom is -0.258 e. The molecule has 0 aliphatic heterocycles. The van der Waals surface area contributed by atoms with Gasteiger partial charge in [0.15, 0.2) is 0 Å². The number of sulfone groups is 1. The van der Waals surface area contributed by atoms with Crippen LogP contribution in [0.25, 0.3) is 0 Å². The third-order valence-corrected chi connectivity index (χ3v) is 4.51. The van der Waals surface area contributed by atoms with Gasteiger partial charge in [0.1, 0.15) is 9.84 Å². The average Bonchev–Trinajstić information content (AvgIpc) is 2.27. The molecule has 1 rings (SSSR count). The third-order valence-electron chi connectivity index (χ3n) is 2.10. The van der Waals surface area contributed by atoms with Gasteiger partial charge in [0.2, 0.25) is 10.0 Å². The number of hydrogen-bond donors (Lipinski definition) is 1. The second-order valence-corrected chi connectivity index (χ2v) is 7.81. The van der Waals surface area contributed by atoms with Gasteiger partial charge in [-0.05, 0) is 6.07 Å². The van der Waals surface area contributed by atoms with Gasteiger partial charge in [-0.2, -0.15) is 0 Å². The second-order valence-electron chi connectivity index (χ2n) is 3.78. The molecule has 10 heteroatoms. The topological polar surface area (TPSA) is 123 Å². The molecule has 0 saturated carbocycles. The molecule has 106 valence electrons. The molecule has 0 radical (unpaired) electrons. The fraction of sp³-hybridized carbons (Fsp3) is 0.333. The van der Waals surface area contributed by atoms with Gasteiger partial charge in [0.05, 0.1) is 15.6 Å². The van der Waals surface area contributed by atoms with Crippen LogP contribution in [0.2, 0.25) is 0 Å². The monoisotopic (exact) mass is 308 g/mol. The maximum absolute atomic E-state index is 11.8. The van der Waals surface area contributed by atoms with E-state index >= 15 is 0 Å². The Bertz CT molecular complexity index is 680. The Morgan fingerprint density at radius 3 is 2.42 bits per heavy atom. The Kier molecular flexibility index (Phi) is 4.61. The van der Waals surface area contributed by atoms with Crippen LogP contribution >= 0.6 is 0 Å². The van der Waals surface area contributed by atoms with E-state index in [1.165, 1.54) is 12.1 Å². The maximum Gasteiger partial charge on any atom is 0.270 e. The maximum atomic E-state index is 11.8. The van der Waals surface area contributed by atoms with Gasteiger partial charge >= 0.3 is 0 Å². The molecular weight excluding hydrogens is 296 g/mol. The van der Waals surface area contributed by atoms with E-state index in [2.05, 4.69) is 4.72 Å². The van der Waals surface area contributed by atoms with Crippen LogP contribution in [0.1, 0.15) is 0 Å². The van der Waals surface area contributed by atoms with Gasteiger partial charge in [-0.1, -0.05) is 6.07 Å². The van der Waals surface area contributed by atoms with Crippen LogP contribution in [0.15, 0.2) is 29.2 Å². The lowest BCUT2D eigenvalue weighted by Crippen LogP contribution is -2.28. The summed E-state index contributed by atoms with van der Waals surface area (Å²) in [6.07, 6.45) is 0.981. The average molecular weight is 308 g/mol. The Morgan fingerprint density at radius 1 is 1.26 bits per heavy atom. The number of nitrogens with one attached hydrogen (secondary N) is 1. The van der Waals surface area contributed by atoms with Crippen molar-refractivity contribution in [1.29, 1.82) is 0 Å². The van der Waals surface area contributed by atoms with E-state index in [1.54, 1.807) is 0 Å². The summed E-state index contributed by atoms with van der Waals surface area (Å²) in [6.45, 7) is -0.288. The molecule has 1 aromatic rings. The zero-order chi connectivity index (χ0) is 14.7. The van der Waals surface area contributed by atoms with Crippen molar-refractivity contribution in [2.24, 2.45) is 0 Å². The zero-order valence-electron chi connectivity index (χ0n) is 9.94. The largest absolute Gasteiger partial charge is 0.270 e.